The van der Waals surface area contributed by atoms with Crippen LogP contribution in [0.1, 0.15) is 74.4 Å². The van der Waals surface area contributed by atoms with Crippen molar-refractivity contribution in [3.8, 4) is 0 Å². The average Bonchev–Trinajstić information content (AvgIpc) is 3.50. The molecule has 11 heteroatoms. The summed E-state index contributed by atoms with van der Waals surface area (Å²) in [4.78, 5) is 18.1. The monoisotopic (exact) mass is 522 g/mol. The summed E-state index contributed by atoms with van der Waals surface area (Å²) >= 11 is 0. The van der Waals surface area contributed by atoms with Gasteiger partial charge in [0.2, 0.25) is 5.91 Å². The molecule has 2 fully saturated rings. The molecule has 3 aliphatic rings. The number of likely N-dealkylation sites (tertiary alicyclic amines) is 1. The summed E-state index contributed by atoms with van der Waals surface area (Å²) < 4.78 is 56.1. The van der Waals surface area contributed by atoms with Crippen molar-refractivity contribution in [2.24, 2.45) is 18.4 Å². The summed E-state index contributed by atoms with van der Waals surface area (Å²) in [5, 5.41) is 11.9. The molecule has 1 aliphatic carbocycles. The Kier molecular flexibility index (Phi) is 6.79. The van der Waals surface area contributed by atoms with E-state index in [2.05, 4.69) is 34.3 Å². The van der Waals surface area contributed by atoms with E-state index in [0.29, 0.717) is 24.1 Å². The quantitative estimate of drug-likeness (QED) is 0.560. The number of rotatable bonds is 4. The van der Waals surface area contributed by atoms with Crippen molar-refractivity contribution in [3.05, 3.63) is 40.5 Å². The fourth-order valence-corrected chi connectivity index (χ4v) is 6.73. The number of hydrogen-bond donors (Lipinski definition) is 0. The second-order valence-corrected chi connectivity index (χ2v) is 11.2. The average molecular weight is 523 g/mol. The number of alkyl halides is 3. The molecule has 37 heavy (non-hydrogen) atoms. The predicted molar refractivity (Wildman–Crippen MR) is 128 cm³/mol. The number of tetrazole rings is 1. The molecule has 7 nitrogen and oxygen atoms in total. The normalized spacial score (nSPS) is 25.6. The van der Waals surface area contributed by atoms with E-state index in [9.17, 15) is 22.4 Å². The molecule has 2 aromatic rings. The standard InChI is InChI=1S/C26H34F4N6O/c1-16(2)25(8-4-20(14-25)35-9-5-17(6-10-35)23-31-32-33-34(23)3)24(37)36-11-7-21-18(15-36)12-19(13-22(21)27)26(28,29)30/h12-13,16-17,20H,4-11,14-15H2,1-3H3. The molecule has 2 unspecified atom stereocenters. The molecule has 1 saturated heterocycles. The molecule has 1 aromatic heterocycles. The first-order chi connectivity index (χ1) is 17.5. The van der Waals surface area contributed by atoms with Crippen molar-refractivity contribution in [1.82, 2.24) is 30.0 Å². The molecule has 202 valence electrons. The van der Waals surface area contributed by atoms with Gasteiger partial charge in [-0.3, -0.25) is 4.79 Å². The van der Waals surface area contributed by atoms with Crippen LogP contribution in [0, 0.1) is 17.2 Å². The van der Waals surface area contributed by atoms with Crippen molar-refractivity contribution >= 4 is 5.91 Å². The number of piperidine rings is 1. The SMILES string of the molecule is CC(C)C1(C(=O)N2CCc3c(F)cc(C(F)(F)F)cc3C2)CCC(N2CCC(c3nnnn3C)CC2)C1. The summed E-state index contributed by atoms with van der Waals surface area (Å²) in [5.41, 5.74) is -1.01. The van der Waals surface area contributed by atoms with E-state index < -0.39 is 23.0 Å². The number of carbonyl (C=O) groups is 1. The molecular weight excluding hydrogens is 488 g/mol. The Labute approximate surface area is 214 Å². The summed E-state index contributed by atoms with van der Waals surface area (Å²) in [5.74, 6) is 0.482. The lowest BCUT2D eigenvalue weighted by Crippen LogP contribution is -2.49. The van der Waals surface area contributed by atoms with Gasteiger partial charge in [-0.2, -0.15) is 13.2 Å². The van der Waals surface area contributed by atoms with Gasteiger partial charge < -0.3 is 9.80 Å². The molecule has 0 N–H and O–H groups in total. The fraction of sp³-hybridized carbons (Fsp3) is 0.692. The predicted octanol–water partition coefficient (Wildman–Crippen LogP) is 4.33. The van der Waals surface area contributed by atoms with Crippen molar-refractivity contribution < 1.29 is 22.4 Å². The van der Waals surface area contributed by atoms with E-state index in [1.165, 1.54) is 0 Å². The molecule has 1 saturated carbocycles. The van der Waals surface area contributed by atoms with Crippen LogP contribution in [0.4, 0.5) is 17.6 Å². The van der Waals surface area contributed by atoms with Crippen LogP contribution in [-0.2, 0) is 31.0 Å². The molecule has 2 atom stereocenters. The van der Waals surface area contributed by atoms with Crippen LogP contribution in [0.25, 0.3) is 0 Å². The topological polar surface area (TPSA) is 67.2 Å². The van der Waals surface area contributed by atoms with Gasteiger partial charge in [0.15, 0.2) is 5.82 Å². The molecular formula is C26H34F4N6O. The highest BCUT2D eigenvalue weighted by Crippen LogP contribution is 2.48. The van der Waals surface area contributed by atoms with Crippen LogP contribution >= 0.6 is 0 Å². The van der Waals surface area contributed by atoms with Crippen LogP contribution in [0.5, 0.6) is 0 Å². The number of amides is 1. The van der Waals surface area contributed by atoms with Gasteiger partial charge in [0.25, 0.3) is 0 Å². The van der Waals surface area contributed by atoms with Gasteiger partial charge in [0, 0.05) is 32.1 Å². The third-order valence-electron chi connectivity index (χ3n) is 9.01. The van der Waals surface area contributed by atoms with Crippen LogP contribution < -0.4 is 0 Å². The number of nitrogens with zero attached hydrogens (tertiary/aromatic N) is 6. The number of hydrogen-bond acceptors (Lipinski definition) is 5. The summed E-state index contributed by atoms with van der Waals surface area (Å²) in [6, 6.07) is 1.86. The highest BCUT2D eigenvalue weighted by molar-refractivity contribution is 5.84. The van der Waals surface area contributed by atoms with Gasteiger partial charge in [-0.1, -0.05) is 13.8 Å². The number of fused-ring (bicyclic) bond motifs is 1. The third kappa shape index (κ3) is 4.75. The molecule has 0 bridgehead atoms. The summed E-state index contributed by atoms with van der Waals surface area (Å²) in [6.45, 7) is 6.30. The van der Waals surface area contributed by atoms with E-state index in [1.54, 1.807) is 9.58 Å². The van der Waals surface area contributed by atoms with Crippen molar-refractivity contribution in [1.29, 1.82) is 0 Å². The number of carbonyl (C=O) groups excluding carboxylic acids is 1. The largest absolute Gasteiger partial charge is 0.416 e. The Bertz CT molecular complexity index is 1160. The molecule has 0 spiro atoms. The smallest absolute Gasteiger partial charge is 0.338 e. The number of aryl methyl sites for hydroxylation is 1. The summed E-state index contributed by atoms with van der Waals surface area (Å²) in [7, 11) is 1.86. The van der Waals surface area contributed by atoms with Gasteiger partial charge in [-0.05, 0) is 91.2 Å². The first kappa shape index (κ1) is 26.1. The Morgan fingerprint density at radius 2 is 1.86 bits per heavy atom. The van der Waals surface area contributed by atoms with Crippen LogP contribution in [0.15, 0.2) is 12.1 Å². The Hall–Kier alpha value is -2.56. The van der Waals surface area contributed by atoms with Crippen molar-refractivity contribution in [2.75, 3.05) is 19.6 Å². The lowest BCUT2D eigenvalue weighted by atomic mass is 9.73. The van der Waals surface area contributed by atoms with Crippen LogP contribution in [-0.4, -0.2) is 61.6 Å². The van der Waals surface area contributed by atoms with E-state index in [0.717, 1.165) is 57.1 Å². The molecule has 0 radical (unpaired) electrons. The number of halogens is 4. The van der Waals surface area contributed by atoms with Gasteiger partial charge >= 0.3 is 6.18 Å². The minimum Gasteiger partial charge on any atom is -0.338 e. The maximum atomic E-state index is 14.5. The highest BCUT2D eigenvalue weighted by Gasteiger charge is 2.51. The second-order valence-electron chi connectivity index (χ2n) is 11.2. The van der Waals surface area contributed by atoms with Crippen molar-refractivity contribution in [2.45, 2.75) is 77.1 Å². The zero-order chi connectivity index (χ0) is 26.5. The van der Waals surface area contributed by atoms with Crippen molar-refractivity contribution in [3.63, 3.8) is 0 Å². The zero-order valence-corrected chi connectivity index (χ0v) is 21.6. The molecule has 5 rings (SSSR count). The maximum Gasteiger partial charge on any atom is 0.416 e. The van der Waals surface area contributed by atoms with Gasteiger partial charge in [-0.15, -0.1) is 5.10 Å². The van der Waals surface area contributed by atoms with Gasteiger partial charge in [-0.25, -0.2) is 9.07 Å². The Balaban J connectivity index is 1.29. The van der Waals surface area contributed by atoms with E-state index in [1.807, 2.05) is 7.05 Å². The maximum absolute atomic E-state index is 14.5. The van der Waals surface area contributed by atoms with Crippen LogP contribution in [0.3, 0.4) is 0 Å². The fourth-order valence-electron chi connectivity index (χ4n) is 6.73. The molecule has 1 amide bonds. The first-order valence-electron chi connectivity index (χ1n) is 13.1. The third-order valence-corrected chi connectivity index (χ3v) is 9.01. The lowest BCUT2D eigenvalue weighted by Gasteiger charge is -2.41. The van der Waals surface area contributed by atoms with E-state index in [-0.39, 0.29) is 36.4 Å². The Morgan fingerprint density at radius 3 is 2.49 bits per heavy atom. The Morgan fingerprint density at radius 1 is 1.14 bits per heavy atom. The highest BCUT2D eigenvalue weighted by atomic mass is 19.4. The number of aromatic nitrogens is 4. The minimum absolute atomic E-state index is 0.00600. The van der Waals surface area contributed by atoms with E-state index in [4.69, 9.17) is 0 Å². The number of benzene rings is 1. The van der Waals surface area contributed by atoms with Gasteiger partial charge in [0.05, 0.1) is 11.0 Å². The summed E-state index contributed by atoms with van der Waals surface area (Å²) in [6.07, 6.45) is -0.0739. The van der Waals surface area contributed by atoms with E-state index >= 15 is 0 Å². The van der Waals surface area contributed by atoms with Crippen LogP contribution in [0.2, 0.25) is 0 Å². The molecule has 1 aromatic carbocycles. The lowest BCUT2D eigenvalue weighted by molar-refractivity contribution is -0.146. The molecule has 2 aliphatic heterocycles. The zero-order valence-electron chi connectivity index (χ0n) is 21.6. The molecule has 3 heterocycles. The first-order valence-corrected chi connectivity index (χ1v) is 13.1. The second kappa shape index (κ2) is 9.63. The minimum atomic E-state index is -4.63. The van der Waals surface area contributed by atoms with Gasteiger partial charge in [0.1, 0.15) is 5.82 Å².